The minimum Gasteiger partial charge on any atom is -0.472 e. The van der Waals surface area contributed by atoms with Gasteiger partial charge < -0.3 is 23.4 Å². The van der Waals surface area contributed by atoms with E-state index in [-0.39, 0.29) is 42.7 Å². The van der Waals surface area contributed by atoms with Gasteiger partial charge in [-0.2, -0.15) is 0 Å². The molecule has 182 valence electrons. The first-order valence-corrected chi connectivity index (χ1v) is 12.3. The summed E-state index contributed by atoms with van der Waals surface area (Å²) < 4.78 is 29.8. The van der Waals surface area contributed by atoms with Gasteiger partial charge in [0.25, 0.3) is 0 Å². The van der Waals surface area contributed by atoms with E-state index < -0.39 is 45.6 Å². The van der Waals surface area contributed by atoms with E-state index in [1.54, 1.807) is 12.5 Å². The second-order valence-electron chi connectivity index (χ2n) is 12.2. The van der Waals surface area contributed by atoms with Gasteiger partial charge in [0.05, 0.1) is 36.1 Å². The molecule has 0 amide bonds. The molecule has 4 aliphatic heterocycles. The van der Waals surface area contributed by atoms with E-state index in [1.807, 2.05) is 26.8 Å². The molecule has 8 nitrogen and oxygen atoms in total. The zero-order valence-electron chi connectivity index (χ0n) is 19.9. The molecule has 5 heterocycles. The predicted octanol–water partition coefficient (Wildman–Crippen LogP) is 3.14. The van der Waals surface area contributed by atoms with Crippen molar-refractivity contribution in [3.63, 3.8) is 0 Å². The molecule has 2 aliphatic carbocycles. The van der Waals surface area contributed by atoms with Crippen LogP contribution in [-0.4, -0.2) is 47.7 Å². The van der Waals surface area contributed by atoms with Gasteiger partial charge in [-0.15, -0.1) is 0 Å². The normalized spacial score (nSPS) is 52.4. The maximum atomic E-state index is 14.2. The molecule has 1 aromatic heterocycles. The van der Waals surface area contributed by atoms with Gasteiger partial charge in [0.15, 0.2) is 6.10 Å². The van der Waals surface area contributed by atoms with Crippen molar-refractivity contribution in [2.24, 2.45) is 28.1 Å². The van der Waals surface area contributed by atoms with Gasteiger partial charge in [-0.05, 0) is 45.6 Å². The van der Waals surface area contributed by atoms with Crippen LogP contribution in [-0.2, 0) is 33.3 Å². The van der Waals surface area contributed by atoms with Crippen LogP contribution in [0.25, 0.3) is 0 Å². The Bertz CT molecular complexity index is 1120. The molecular weight excluding hydrogens is 440 g/mol. The molecule has 9 atom stereocenters. The summed E-state index contributed by atoms with van der Waals surface area (Å²) in [6, 6.07) is 1.81. The second kappa shape index (κ2) is 5.95. The lowest BCUT2D eigenvalue weighted by molar-refractivity contribution is -0.225. The average molecular weight is 471 g/mol. The Kier molecular flexibility index (Phi) is 3.70. The molecule has 8 heteroatoms. The lowest BCUT2D eigenvalue weighted by Crippen LogP contribution is -2.72. The Hall–Kier alpha value is -2.19. The maximum absolute atomic E-state index is 14.2. The highest BCUT2D eigenvalue weighted by molar-refractivity contribution is 5.93. The largest absolute Gasteiger partial charge is 0.472 e. The third-order valence-corrected chi connectivity index (χ3v) is 10.7. The van der Waals surface area contributed by atoms with Crippen LogP contribution in [0.5, 0.6) is 0 Å². The molecule has 2 spiro atoms. The molecule has 0 aromatic carbocycles. The first-order chi connectivity index (χ1) is 16.0. The lowest BCUT2D eigenvalue weighted by Gasteiger charge is -2.65. The van der Waals surface area contributed by atoms with Crippen LogP contribution in [0.4, 0.5) is 0 Å². The summed E-state index contributed by atoms with van der Waals surface area (Å²) in [7, 11) is 0. The van der Waals surface area contributed by atoms with E-state index in [1.165, 1.54) is 0 Å². The summed E-state index contributed by atoms with van der Waals surface area (Å²) in [5.41, 5.74) is -2.78. The Morgan fingerprint density at radius 2 is 1.76 bits per heavy atom. The van der Waals surface area contributed by atoms with Crippen molar-refractivity contribution < 1.29 is 37.7 Å². The van der Waals surface area contributed by atoms with Crippen LogP contribution < -0.4 is 0 Å². The molecule has 0 unspecified atom stereocenters. The molecule has 6 fully saturated rings. The zero-order valence-corrected chi connectivity index (χ0v) is 19.9. The van der Waals surface area contributed by atoms with Crippen molar-refractivity contribution in [2.75, 3.05) is 6.61 Å². The van der Waals surface area contributed by atoms with Gasteiger partial charge >= 0.3 is 11.9 Å². The number of furan rings is 1. The van der Waals surface area contributed by atoms with Crippen molar-refractivity contribution in [2.45, 2.75) is 82.9 Å². The quantitative estimate of drug-likeness (QED) is 0.455. The van der Waals surface area contributed by atoms with E-state index >= 15 is 0 Å². The number of rotatable bonds is 1. The number of ketones is 1. The molecule has 1 aromatic rings. The SMILES string of the molecule is CC1(C)O[C@@H]2CC(=O)OC[C@]23[C@@H]1CC(=O)[C@]1(C)[C@@H]3CC[C@]2(C)[C@H](c3ccoc3)OC(=O)[C@H]3O[C@@]321. The van der Waals surface area contributed by atoms with Gasteiger partial charge in [0.2, 0.25) is 0 Å². The Morgan fingerprint density at radius 3 is 2.50 bits per heavy atom. The number of Topliss-reactive ketones (excluding diaryl/α,β-unsaturated/α-hetero) is 1. The number of epoxide rings is 1. The van der Waals surface area contributed by atoms with Crippen LogP contribution in [0.2, 0.25) is 0 Å². The van der Waals surface area contributed by atoms with E-state index in [0.29, 0.717) is 12.8 Å². The summed E-state index contributed by atoms with van der Waals surface area (Å²) in [6.45, 7) is 8.36. The van der Waals surface area contributed by atoms with E-state index in [2.05, 4.69) is 6.92 Å². The number of carbonyl (C=O) groups is 3. The third kappa shape index (κ3) is 2.02. The van der Waals surface area contributed by atoms with Crippen LogP contribution >= 0.6 is 0 Å². The van der Waals surface area contributed by atoms with Crippen molar-refractivity contribution >= 4 is 17.7 Å². The fourth-order valence-electron chi connectivity index (χ4n) is 9.34. The van der Waals surface area contributed by atoms with Crippen LogP contribution in [0.3, 0.4) is 0 Å². The summed E-state index contributed by atoms with van der Waals surface area (Å²) in [4.78, 5) is 39.7. The topological polar surface area (TPSA) is 105 Å². The molecule has 2 saturated carbocycles. The first kappa shape index (κ1) is 21.1. The fourth-order valence-corrected chi connectivity index (χ4v) is 9.34. The van der Waals surface area contributed by atoms with Crippen LogP contribution in [0.15, 0.2) is 23.0 Å². The summed E-state index contributed by atoms with van der Waals surface area (Å²) >= 11 is 0. The number of fused-ring (bicyclic) bond motifs is 1. The summed E-state index contributed by atoms with van der Waals surface area (Å²) in [6.07, 6.45) is 3.46. The summed E-state index contributed by atoms with van der Waals surface area (Å²) in [5.74, 6) is -0.780. The average Bonchev–Trinajstić information content (AvgIpc) is 3.26. The van der Waals surface area contributed by atoms with Crippen LogP contribution in [0.1, 0.15) is 65.0 Å². The maximum Gasteiger partial charge on any atom is 0.339 e. The Balaban J connectivity index is 1.41. The zero-order chi connectivity index (χ0) is 23.9. The minimum absolute atomic E-state index is 0.0677. The lowest BCUT2D eigenvalue weighted by atomic mass is 9.37. The number of esters is 2. The van der Waals surface area contributed by atoms with Crippen molar-refractivity contribution in [1.29, 1.82) is 0 Å². The molecule has 6 aliphatic rings. The second-order valence-corrected chi connectivity index (χ2v) is 12.2. The number of carbonyl (C=O) groups excluding carboxylic acids is 3. The van der Waals surface area contributed by atoms with Crippen molar-refractivity contribution in [3.05, 3.63) is 24.2 Å². The Labute approximate surface area is 197 Å². The van der Waals surface area contributed by atoms with Crippen molar-refractivity contribution in [1.82, 2.24) is 0 Å². The first-order valence-electron chi connectivity index (χ1n) is 12.3. The third-order valence-electron chi connectivity index (χ3n) is 10.7. The standard InChI is InChI=1S/C26H30O8/c1-22(2)15-9-16(27)24(4)14(25(15)12-31-18(28)10-17(25)33-22)5-7-23(3)19(13-6-8-30-11-13)32-21(29)20-26(23,24)34-20/h6,8,11,14-15,17,19-20H,5,7,9-10,12H2,1-4H3/t14-,15+,17+,19-,20+,23+,24-,25-,26-/m0/s1. The number of hydrogen-bond acceptors (Lipinski definition) is 8. The van der Waals surface area contributed by atoms with E-state index in [4.69, 9.17) is 23.4 Å². The smallest absolute Gasteiger partial charge is 0.339 e. The monoisotopic (exact) mass is 470 g/mol. The highest BCUT2D eigenvalue weighted by Gasteiger charge is 2.89. The van der Waals surface area contributed by atoms with Gasteiger partial charge in [-0.3, -0.25) is 9.59 Å². The van der Waals surface area contributed by atoms with Crippen molar-refractivity contribution in [3.8, 4) is 0 Å². The molecule has 0 N–H and O–H groups in total. The van der Waals surface area contributed by atoms with Gasteiger partial charge in [0.1, 0.15) is 24.1 Å². The van der Waals surface area contributed by atoms with Gasteiger partial charge in [0, 0.05) is 28.7 Å². The fraction of sp³-hybridized carbons (Fsp3) is 0.731. The number of cyclic esters (lactones) is 2. The van der Waals surface area contributed by atoms with E-state index in [9.17, 15) is 14.4 Å². The highest BCUT2D eigenvalue weighted by atomic mass is 16.7. The minimum atomic E-state index is -0.976. The predicted molar refractivity (Wildman–Crippen MR) is 114 cm³/mol. The Morgan fingerprint density at radius 1 is 0.971 bits per heavy atom. The van der Waals surface area contributed by atoms with Crippen LogP contribution in [0, 0.1) is 28.1 Å². The molecular formula is C26H30O8. The molecule has 4 saturated heterocycles. The molecule has 34 heavy (non-hydrogen) atoms. The number of hydrogen-bond donors (Lipinski definition) is 0. The van der Waals surface area contributed by atoms with Gasteiger partial charge in [-0.1, -0.05) is 6.92 Å². The van der Waals surface area contributed by atoms with Gasteiger partial charge in [-0.25, -0.2) is 4.79 Å². The molecule has 7 rings (SSSR count). The molecule has 0 bridgehead atoms. The van der Waals surface area contributed by atoms with E-state index in [0.717, 1.165) is 12.0 Å². The highest BCUT2D eigenvalue weighted by Crippen LogP contribution is 2.79. The summed E-state index contributed by atoms with van der Waals surface area (Å²) in [5, 5.41) is 0. The number of ether oxygens (including phenoxy) is 4. The molecule has 0 radical (unpaired) electrons.